The molecule has 0 aromatic heterocycles. The maximum Gasteiger partial charge on any atom is 0.123 e. The van der Waals surface area contributed by atoms with Crippen molar-refractivity contribution in [2.45, 2.75) is 18.9 Å². The van der Waals surface area contributed by atoms with Crippen molar-refractivity contribution >= 4 is 0 Å². The molecule has 2 atom stereocenters. The minimum absolute atomic E-state index is 0.0984. The molecule has 1 heterocycles. The van der Waals surface area contributed by atoms with Gasteiger partial charge in [0.25, 0.3) is 0 Å². The zero-order chi connectivity index (χ0) is 8.84. The second-order valence-electron chi connectivity index (χ2n) is 4.03. The topological polar surface area (TPSA) is 12.0 Å². The Kier molecular flexibility index (Phi) is 1.47. The Bertz CT molecular complexity index is 348. The van der Waals surface area contributed by atoms with Gasteiger partial charge in [-0.3, -0.25) is 0 Å². The predicted octanol–water partition coefficient (Wildman–Crippen LogP) is 2.03. The van der Waals surface area contributed by atoms with E-state index in [1.165, 1.54) is 17.5 Å². The summed E-state index contributed by atoms with van der Waals surface area (Å²) in [5, 5.41) is 3.47. The number of halogens is 1. The normalized spacial score (nSPS) is 30.2. The van der Waals surface area contributed by atoms with Crippen molar-refractivity contribution in [2.24, 2.45) is 5.92 Å². The third-order valence-electron chi connectivity index (χ3n) is 3.27. The van der Waals surface area contributed by atoms with Gasteiger partial charge in [-0.2, -0.15) is 0 Å². The van der Waals surface area contributed by atoms with Gasteiger partial charge < -0.3 is 5.32 Å². The molecule has 2 heteroatoms. The van der Waals surface area contributed by atoms with Crippen LogP contribution in [0.1, 0.15) is 23.6 Å². The van der Waals surface area contributed by atoms with Crippen molar-refractivity contribution in [3.63, 3.8) is 0 Å². The molecule has 3 rings (SSSR count). The summed E-state index contributed by atoms with van der Waals surface area (Å²) in [7, 11) is 0. The average molecular weight is 177 g/mol. The molecular weight excluding hydrogens is 165 g/mol. The SMILES string of the molecule is Fc1ccc2c(c1)CC1CCNC21. The largest absolute Gasteiger partial charge is 0.310 e. The molecule has 1 aliphatic heterocycles. The van der Waals surface area contributed by atoms with Crippen LogP contribution in [0.2, 0.25) is 0 Å². The fourth-order valence-corrected chi connectivity index (χ4v) is 2.68. The smallest absolute Gasteiger partial charge is 0.123 e. The third kappa shape index (κ3) is 1.02. The highest BCUT2D eigenvalue weighted by Crippen LogP contribution is 2.40. The molecule has 1 N–H and O–H groups in total. The lowest BCUT2D eigenvalue weighted by Crippen LogP contribution is -2.13. The first-order valence-corrected chi connectivity index (χ1v) is 4.86. The minimum Gasteiger partial charge on any atom is -0.310 e. The average Bonchev–Trinajstić information content (AvgIpc) is 2.62. The molecule has 1 fully saturated rings. The molecule has 0 saturated carbocycles. The lowest BCUT2D eigenvalue weighted by molar-refractivity contribution is 0.504. The summed E-state index contributed by atoms with van der Waals surface area (Å²) in [6, 6.07) is 5.71. The van der Waals surface area contributed by atoms with E-state index in [4.69, 9.17) is 0 Å². The third-order valence-corrected chi connectivity index (χ3v) is 3.27. The Hall–Kier alpha value is -0.890. The number of fused-ring (bicyclic) bond motifs is 3. The van der Waals surface area contributed by atoms with Crippen LogP contribution in [0.25, 0.3) is 0 Å². The summed E-state index contributed by atoms with van der Waals surface area (Å²) in [5.74, 6) is 0.621. The fourth-order valence-electron chi connectivity index (χ4n) is 2.68. The monoisotopic (exact) mass is 177 g/mol. The quantitative estimate of drug-likeness (QED) is 0.639. The van der Waals surface area contributed by atoms with E-state index in [0.29, 0.717) is 6.04 Å². The lowest BCUT2D eigenvalue weighted by Gasteiger charge is -2.09. The number of hydrogen-bond acceptors (Lipinski definition) is 1. The van der Waals surface area contributed by atoms with Gasteiger partial charge in [-0.15, -0.1) is 0 Å². The second-order valence-corrected chi connectivity index (χ2v) is 4.03. The van der Waals surface area contributed by atoms with E-state index in [1.807, 2.05) is 6.07 Å². The Morgan fingerprint density at radius 2 is 2.31 bits per heavy atom. The van der Waals surface area contributed by atoms with Gasteiger partial charge in [0, 0.05) is 6.04 Å². The fraction of sp³-hybridized carbons (Fsp3) is 0.455. The van der Waals surface area contributed by atoms with Crippen LogP contribution >= 0.6 is 0 Å². The number of hydrogen-bond donors (Lipinski definition) is 1. The van der Waals surface area contributed by atoms with Crippen LogP contribution in [0.3, 0.4) is 0 Å². The number of nitrogens with one attached hydrogen (secondary N) is 1. The van der Waals surface area contributed by atoms with Crippen molar-refractivity contribution in [3.05, 3.63) is 35.1 Å². The summed E-state index contributed by atoms with van der Waals surface area (Å²) < 4.78 is 12.9. The highest BCUT2D eigenvalue weighted by atomic mass is 19.1. The number of rotatable bonds is 0. The molecule has 0 spiro atoms. The highest BCUT2D eigenvalue weighted by Gasteiger charge is 2.35. The first-order chi connectivity index (χ1) is 6.34. The van der Waals surface area contributed by atoms with Crippen molar-refractivity contribution in [3.8, 4) is 0 Å². The van der Waals surface area contributed by atoms with Crippen LogP contribution in [0.4, 0.5) is 4.39 Å². The molecule has 68 valence electrons. The summed E-state index contributed by atoms with van der Waals surface area (Å²) >= 11 is 0. The van der Waals surface area contributed by atoms with Crippen LogP contribution in [0.15, 0.2) is 18.2 Å². The second kappa shape index (κ2) is 2.55. The van der Waals surface area contributed by atoms with Gasteiger partial charge in [-0.05, 0) is 48.6 Å². The molecule has 0 radical (unpaired) electrons. The molecule has 2 unspecified atom stereocenters. The van der Waals surface area contributed by atoms with Crippen molar-refractivity contribution in [2.75, 3.05) is 6.54 Å². The molecule has 1 nitrogen and oxygen atoms in total. The van der Waals surface area contributed by atoms with E-state index in [-0.39, 0.29) is 5.82 Å². The van der Waals surface area contributed by atoms with Gasteiger partial charge >= 0.3 is 0 Å². The van der Waals surface area contributed by atoms with Crippen LogP contribution in [-0.4, -0.2) is 6.54 Å². The predicted molar refractivity (Wildman–Crippen MR) is 49.0 cm³/mol. The van der Waals surface area contributed by atoms with Gasteiger partial charge in [0.05, 0.1) is 0 Å². The Morgan fingerprint density at radius 1 is 1.38 bits per heavy atom. The standard InChI is InChI=1S/C11H12FN/c12-9-1-2-10-8(6-9)5-7-3-4-13-11(7)10/h1-2,6-7,11,13H,3-5H2. The van der Waals surface area contributed by atoms with Crippen molar-refractivity contribution in [1.29, 1.82) is 0 Å². The molecule has 0 amide bonds. The van der Waals surface area contributed by atoms with Crippen molar-refractivity contribution < 1.29 is 4.39 Å². The maximum absolute atomic E-state index is 12.9. The Morgan fingerprint density at radius 3 is 3.23 bits per heavy atom. The zero-order valence-electron chi connectivity index (χ0n) is 7.39. The van der Waals surface area contributed by atoms with E-state index in [1.54, 1.807) is 12.1 Å². The number of benzene rings is 1. The zero-order valence-corrected chi connectivity index (χ0v) is 7.39. The van der Waals surface area contributed by atoms with E-state index in [2.05, 4.69) is 5.32 Å². The molecule has 1 aromatic carbocycles. The Balaban J connectivity index is 2.08. The summed E-state index contributed by atoms with van der Waals surface area (Å²) in [6.07, 6.45) is 2.30. The maximum atomic E-state index is 12.9. The van der Waals surface area contributed by atoms with Gasteiger partial charge in [0.1, 0.15) is 5.82 Å². The summed E-state index contributed by atoms with van der Waals surface area (Å²) in [5.41, 5.74) is 2.53. The van der Waals surface area contributed by atoms with Gasteiger partial charge in [0.15, 0.2) is 0 Å². The van der Waals surface area contributed by atoms with E-state index in [0.717, 1.165) is 18.9 Å². The van der Waals surface area contributed by atoms with Gasteiger partial charge in [-0.25, -0.2) is 4.39 Å². The summed E-state index contributed by atoms with van der Waals surface area (Å²) in [4.78, 5) is 0. The van der Waals surface area contributed by atoms with Crippen LogP contribution in [-0.2, 0) is 6.42 Å². The van der Waals surface area contributed by atoms with E-state index in [9.17, 15) is 4.39 Å². The lowest BCUT2D eigenvalue weighted by atomic mass is 10.0. The minimum atomic E-state index is -0.0984. The van der Waals surface area contributed by atoms with E-state index < -0.39 is 0 Å². The van der Waals surface area contributed by atoms with Crippen LogP contribution in [0.5, 0.6) is 0 Å². The summed E-state index contributed by atoms with van der Waals surface area (Å²) in [6.45, 7) is 1.12. The molecular formula is C11H12FN. The first kappa shape index (κ1) is 7.51. The van der Waals surface area contributed by atoms with Gasteiger partial charge in [0.2, 0.25) is 0 Å². The van der Waals surface area contributed by atoms with Crippen molar-refractivity contribution in [1.82, 2.24) is 5.32 Å². The Labute approximate surface area is 77.0 Å². The molecule has 0 bridgehead atoms. The first-order valence-electron chi connectivity index (χ1n) is 4.86. The highest BCUT2D eigenvalue weighted by molar-refractivity contribution is 5.37. The van der Waals surface area contributed by atoms with E-state index >= 15 is 0 Å². The molecule has 2 aliphatic rings. The molecule has 1 aliphatic carbocycles. The molecule has 1 saturated heterocycles. The van der Waals surface area contributed by atoms with Crippen LogP contribution in [0, 0.1) is 11.7 Å². The molecule has 1 aromatic rings. The molecule has 13 heavy (non-hydrogen) atoms. The van der Waals surface area contributed by atoms with Crippen LogP contribution < -0.4 is 5.32 Å². The van der Waals surface area contributed by atoms with Gasteiger partial charge in [-0.1, -0.05) is 6.07 Å².